The number of nitrogens with zero attached hydrogens (tertiary/aromatic N) is 3. The van der Waals surface area contributed by atoms with Gasteiger partial charge in [0.1, 0.15) is 6.33 Å². The molecule has 0 saturated heterocycles. The largest absolute Gasteiger partial charge is 0.368 e. The Balaban J connectivity index is 2.05. The van der Waals surface area contributed by atoms with Crippen LogP contribution in [0, 0.1) is 0 Å². The summed E-state index contributed by atoms with van der Waals surface area (Å²) < 4.78 is 0. The van der Waals surface area contributed by atoms with Crippen LogP contribution in [0.4, 0.5) is 5.95 Å². The Hall–Kier alpha value is -1.33. The molecule has 0 atom stereocenters. The summed E-state index contributed by atoms with van der Waals surface area (Å²) in [5, 5.41) is 1.35. The zero-order valence-electron chi connectivity index (χ0n) is 8.30. The fourth-order valence-corrected chi connectivity index (χ4v) is 2.22. The second kappa shape index (κ2) is 5.14. The number of benzene rings is 1. The average molecular weight is 253 g/mol. The van der Waals surface area contributed by atoms with Gasteiger partial charge in [0.25, 0.3) is 0 Å². The number of rotatable bonds is 3. The Kier molecular flexibility index (Phi) is 3.58. The molecule has 2 rings (SSSR count). The maximum atomic E-state index is 6.03. The van der Waals surface area contributed by atoms with Crippen molar-refractivity contribution in [2.75, 3.05) is 5.73 Å². The van der Waals surface area contributed by atoms with E-state index in [1.165, 1.54) is 18.1 Å². The molecular formula is C10H9ClN4S. The predicted octanol–water partition coefficient (Wildman–Crippen LogP) is 2.40. The highest BCUT2D eigenvalue weighted by molar-refractivity contribution is 7.98. The van der Waals surface area contributed by atoms with Crippen LogP contribution in [-0.2, 0) is 5.75 Å². The minimum absolute atomic E-state index is 0.233. The second-order valence-corrected chi connectivity index (χ2v) is 4.36. The van der Waals surface area contributed by atoms with E-state index in [0.29, 0.717) is 10.9 Å². The van der Waals surface area contributed by atoms with Crippen molar-refractivity contribution in [1.29, 1.82) is 0 Å². The molecule has 0 aliphatic heterocycles. The van der Waals surface area contributed by atoms with Gasteiger partial charge in [0.15, 0.2) is 5.16 Å². The minimum Gasteiger partial charge on any atom is -0.368 e. The van der Waals surface area contributed by atoms with Gasteiger partial charge in [-0.25, -0.2) is 9.97 Å². The maximum Gasteiger partial charge on any atom is 0.223 e. The highest BCUT2D eigenvalue weighted by Crippen LogP contribution is 2.23. The maximum absolute atomic E-state index is 6.03. The number of aromatic nitrogens is 3. The Morgan fingerprint density at radius 2 is 2.06 bits per heavy atom. The molecule has 1 heterocycles. The van der Waals surface area contributed by atoms with E-state index in [0.717, 1.165) is 10.6 Å². The van der Waals surface area contributed by atoms with Crippen molar-refractivity contribution in [3.63, 3.8) is 0 Å². The highest BCUT2D eigenvalue weighted by atomic mass is 35.5. The lowest BCUT2D eigenvalue weighted by molar-refractivity contribution is 0.915. The van der Waals surface area contributed by atoms with Crippen molar-refractivity contribution in [1.82, 2.24) is 15.0 Å². The van der Waals surface area contributed by atoms with Crippen LogP contribution in [0.2, 0.25) is 5.02 Å². The molecule has 0 spiro atoms. The van der Waals surface area contributed by atoms with Crippen molar-refractivity contribution in [3.8, 4) is 0 Å². The standard InChI is InChI=1S/C10H9ClN4S/c11-8-4-2-1-3-7(8)5-16-10-14-6-13-9(12)15-10/h1-4,6H,5H2,(H2,12,13,14,15). The molecule has 0 saturated carbocycles. The molecule has 2 N–H and O–H groups in total. The summed E-state index contributed by atoms with van der Waals surface area (Å²) in [4.78, 5) is 11.7. The van der Waals surface area contributed by atoms with Crippen molar-refractivity contribution in [2.45, 2.75) is 10.9 Å². The van der Waals surface area contributed by atoms with Crippen molar-refractivity contribution < 1.29 is 0 Å². The van der Waals surface area contributed by atoms with Gasteiger partial charge in [0.2, 0.25) is 5.95 Å². The zero-order chi connectivity index (χ0) is 11.4. The van der Waals surface area contributed by atoms with Crippen molar-refractivity contribution >= 4 is 29.3 Å². The molecule has 0 aliphatic rings. The van der Waals surface area contributed by atoms with E-state index in [1.807, 2.05) is 24.3 Å². The zero-order valence-corrected chi connectivity index (χ0v) is 9.87. The number of nitrogen functional groups attached to an aromatic ring is 1. The van der Waals surface area contributed by atoms with Crippen molar-refractivity contribution in [3.05, 3.63) is 41.2 Å². The molecule has 0 fully saturated rings. The summed E-state index contributed by atoms with van der Waals surface area (Å²) in [6.45, 7) is 0. The van der Waals surface area contributed by atoms with E-state index in [4.69, 9.17) is 17.3 Å². The minimum atomic E-state index is 0.233. The van der Waals surface area contributed by atoms with E-state index in [2.05, 4.69) is 15.0 Å². The van der Waals surface area contributed by atoms with Crippen LogP contribution in [0.5, 0.6) is 0 Å². The first-order valence-electron chi connectivity index (χ1n) is 4.56. The van der Waals surface area contributed by atoms with Crippen LogP contribution >= 0.6 is 23.4 Å². The lowest BCUT2D eigenvalue weighted by Gasteiger charge is -2.02. The van der Waals surface area contributed by atoms with Crippen molar-refractivity contribution in [2.24, 2.45) is 0 Å². The highest BCUT2D eigenvalue weighted by Gasteiger charge is 2.02. The van der Waals surface area contributed by atoms with Crippen LogP contribution < -0.4 is 5.73 Å². The van der Waals surface area contributed by atoms with Crippen LogP contribution in [-0.4, -0.2) is 15.0 Å². The van der Waals surface area contributed by atoms with Gasteiger partial charge in [-0.2, -0.15) is 4.98 Å². The quantitative estimate of drug-likeness (QED) is 0.850. The topological polar surface area (TPSA) is 64.7 Å². The normalized spacial score (nSPS) is 10.3. The fourth-order valence-electron chi connectivity index (χ4n) is 1.12. The summed E-state index contributed by atoms with van der Waals surface area (Å²) in [5.41, 5.74) is 6.51. The fraction of sp³-hybridized carbons (Fsp3) is 0.100. The molecule has 0 amide bonds. The van der Waals surface area contributed by atoms with Gasteiger partial charge in [-0.1, -0.05) is 41.6 Å². The van der Waals surface area contributed by atoms with E-state index in [1.54, 1.807) is 0 Å². The van der Waals surface area contributed by atoms with Gasteiger partial charge >= 0.3 is 0 Å². The Bertz CT molecular complexity index is 492. The van der Waals surface area contributed by atoms with Crippen LogP contribution in [0.1, 0.15) is 5.56 Å². The Morgan fingerprint density at radius 3 is 2.81 bits per heavy atom. The number of thioether (sulfide) groups is 1. The Labute approximate surface area is 102 Å². The lowest BCUT2D eigenvalue weighted by atomic mass is 10.2. The first-order valence-corrected chi connectivity index (χ1v) is 5.93. The molecule has 82 valence electrons. The molecule has 16 heavy (non-hydrogen) atoms. The van der Waals surface area contributed by atoms with Gasteiger partial charge in [-0.05, 0) is 11.6 Å². The molecule has 0 aliphatic carbocycles. The summed E-state index contributed by atoms with van der Waals surface area (Å²) in [6.07, 6.45) is 1.40. The van der Waals surface area contributed by atoms with Crippen LogP contribution in [0.3, 0.4) is 0 Å². The molecule has 2 aromatic rings. The number of halogens is 1. The summed E-state index contributed by atoms with van der Waals surface area (Å²) in [7, 11) is 0. The first-order chi connectivity index (χ1) is 7.75. The van der Waals surface area contributed by atoms with E-state index in [9.17, 15) is 0 Å². The van der Waals surface area contributed by atoms with Gasteiger partial charge < -0.3 is 5.73 Å². The number of hydrogen-bond acceptors (Lipinski definition) is 5. The third-order valence-corrected chi connectivity index (χ3v) is 3.16. The van der Waals surface area contributed by atoms with Crippen LogP contribution in [0.15, 0.2) is 35.7 Å². The molecule has 0 bridgehead atoms. The molecule has 0 radical (unpaired) electrons. The van der Waals surface area contributed by atoms with Gasteiger partial charge in [0.05, 0.1) is 0 Å². The summed E-state index contributed by atoms with van der Waals surface area (Å²) >= 11 is 7.51. The van der Waals surface area contributed by atoms with E-state index < -0.39 is 0 Å². The number of hydrogen-bond donors (Lipinski definition) is 1. The summed E-state index contributed by atoms with van der Waals surface area (Å²) in [5.74, 6) is 0.944. The predicted molar refractivity (Wildman–Crippen MR) is 65.3 cm³/mol. The lowest BCUT2D eigenvalue weighted by Crippen LogP contribution is -1.97. The first kappa shape index (κ1) is 11.2. The van der Waals surface area contributed by atoms with Crippen LogP contribution in [0.25, 0.3) is 0 Å². The molecular weight excluding hydrogens is 244 g/mol. The second-order valence-electron chi connectivity index (χ2n) is 3.01. The Morgan fingerprint density at radius 1 is 1.25 bits per heavy atom. The number of nitrogens with two attached hydrogens (primary N) is 1. The van der Waals surface area contributed by atoms with Gasteiger partial charge in [0, 0.05) is 10.8 Å². The monoisotopic (exact) mass is 252 g/mol. The third kappa shape index (κ3) is 2.84. The van der Waals surface area contributed by atoms with E-state index >= 15 is 0 Å². The molecule has 1 aromatic carbocycles. The number of anilines is 1. The molecule has 1 aromatic heterocycles. The smallest absolute Gasteiger partial charge is 0.223 e. The third-order valence-electron chi connectivity index (χ3n) is 1.88. The molecule has 4 nitrogen and oxygen atoms in total. The summed E-state index contributed by atoms with van der Waals surface area (Å²) in [6, 6.07) is 7.68. The molecule has 6 heteroatoms. The SMILES string of the molecule is Nc1ncnc(SCc2ccccc2Cl)n1. The van der Waals surface area contributed by atoms with Gasteiger partial charge in [-0.3, -0.25) is 0 Å². The molecule has 0 unspecified atom stereocenters. The van der Waals surface area contributed by atoms with E-state index in [-0.39, 0.29) is 5.95 Å². The van der Waals surface area contributed by atoms with Gasteiger partial charge in [-0.15, -0.1) is 0 Å². The average Bonchev–Trinajstić information content (AvgIpc) is 2.28.